The van der Waals surface area contributed by atoms with E-state index in [4.69, 9.17) is 11.6 Å². The van der Waals surface area contributed by atoms with Crippen LogP contribution < -0.4 is 0 Å². The van der Waals surface area contributed by atoms with Crippen LogP contribution in [-0.2, 0) is 4.79 Å². The Labute approximate surface area is 104 Å². The summed E-state index contributed by atoms with van der Waals surface area (Å²) in [6.45, 7) is 8.68. The average molecular weight is 246 g/mol. The van der Waals surface area contributed by atoms with Gasteiger partial charge in [-0.3, -0.25) is 4.79 Å². The number of carbonyl (C=O) groups excluding carboxylic acids is 1. The normalized spacial score (nSPS) is 21.5. The Kier molecular flexibility index (Phi) is 5.10. The van der Waals surface area contributed by atoms with Crippen molar-refractivity contribution in [2.45, 2.75) is 46.5 Å². The number of amides is 1. The molecular weight excluding hydrogens is 222 g/mol. The standard InChI is InChI=1S/C13H24ClNO/c1-13(2,3)11-7-9-15(10-11)12(16)6-4-5-8-14/h11H,4-10H2,1-3H3. The molecule has 1 saturated heterocycles. The fourth-order valence-electron chi connectivity index (χ4n) is 2.22. The molecule has 0 aromatic heterocycles. The zero-order chi connectivity index (χ0) is 12.2. The zero-order valence-corrected chi connectivity index (χ0v) is 11.5. The lowest BCUT2D eigenvalue weighted by molar-refractivity contribution is -0.130. The first-order valence-electron chi connectivity index (χ1n) is 6.29. The van der Waals surface area contributed by atoms with Crippen molar-refractivity contribution in [2.75, 3.05) is 19.0 Å². The maximum atomic E-state index is 11.9. The SMILES string of the molecule is CC(C)(C)C1CCN(C(=O)CCCCCl)C1. The van der Waals surface area contributed by atoms with Crippen LogP contribution in [0.5, 0.6) is 0 Å². The molecule has 0 spiro atoms. The highest BCUT2D eigenvalue weighted by Crippen LogP contribution is 2.33. The molecule has 0 N–H and O–H groups in total. The summed E-state index contributed by atoms with van der Waals surface area (Å²) in [6, 6.07) is 0. The van der Waals surface area contributed by atoms with Crippen molar-refractivity contribution in [3.8, 4) is 0 Å². The summed E-state index contributed by atoms with van der Waals surface area (Å²) >= 11 is 5.60. The number of unbranched alkanes of at least 4 members (excludes halogenated alkanes) is 1. The van der Waals surface area contributed by atoms with Gasteiger partial charge in [0.1, 0.15) is 0 Å². The van der Waals surface area contributed by atoms with E-state index in [1.165, 1.54) is 0 Å². The van der Waals surface area contributed by atoms with Gasteiger partial charge >= 0.3 is 0 Å². The number of halogens is 1. The van der Waals surface area contributed by atoms with E-state index in [-0.39, 0.29) is 0 Å². The summed E-state index contributed by atoms with van der Waals surface area (Å²) in [5, 5.41) is 0. The van der Waals surface area contributed by atoms with Gasteiger partial charge in [0.25, 0.3) is 0 Å². The van der Waals surface area contributed by atoms with Gasteiger partial charge in [0, 0.05) is 25.4 Å². The van der Waals surface area contributed by atoms with Gasteiger partial charge in [0.15, 0.2) is 0 Å². The van der Waals surface area contributed by atoms with Crippen LogP contribution in [0.4, 0.5) is 0 Å². The Hall–Kier alpha value is -0.240. The largest absolute Gasteiger partial charge is 0.342 e. The molecule has 0 aliphatic carbocycles. The van der Waals surface area contributed by atoms with Crippen molar-refractivity contribution in [1.82, 2.24) is 4.90 Å². The number of hydrogen-bond acceptors (Lipinski definition) is 1. The van der Waals surface area contributed by atoms with Crippen LogP contribution in [-0.4, -0.2) is 29.8 Å². The van der Waals surface area contributed by atoms with Crippen LogP contribution in [0.25, 0.3) is 0 Å². The molecule has 1 rings (SSSR count). The third-order valence-corrected chi connectivity index (χ3v) is 3.81. The highest BCUT2D eigenvalue weighted by Gasteiger charge is 2.33. The Morgan fingerprint density at radius 3 is 2.56 bits per heavy atom. The Morgan fingerprint density at radius 1 is 1.38 bits per heavy atom. The van der Waals surface area contributed by atoms with E-state index in [2.05, 4.69) is 20.8 Å². The van der Waals surface area contributed by atoms with Crippen LogP contribution in [0.3, 0.4) is 0 Å². The van der Waals surface area contributed by atoms with E-state index >= 15 is 0 Å². The molecule has 1 unspecified atom stereocenters. The first-order valence-corrected chi connectivity index (χ1v) is 6.82. The van der Waals surface area contributed by atoms with Crippen LogP contribution in [0.15, 0.2) is 0 Å². The first kappa shape index (κ1) is 13.8. The average Bonchev–Trinajstić information content (AvgIpc) is 2.66. The number of carbonyl (C=O) groups is 1. The van der Waals surface area contributed by atoms with Gasteiger partial charge in [0.2, 0.25) is 5.91 Å². The Balaban J connectivity index is 2.32. The second kappa shape index (κ2) is 5.90. The topological polar surface area (TPSA) is 20.3 Å². The van der Waals surface area contributed by atoms with E-state index < -0.39 is 0 Å². The molecule has 2 nitrogen and oxygen atoms in total. The summed E-state index contributed by atoms with van der Waals surface area (Å²) < 4.78 is 0. The maximum Gasteiger partial charge on any atom is 0.222 e. The first-order chi connectivity index (χ1) is 7.45. The quantitative estimate of drug-likeness (QED) is 0.550. The van der Waals surface area contributed by atoms with E-state index in [0.29, 0.717) is 29.5 Å². The molecule has 1 amide bonds. The van der Waals surface area contributed by atoms with Gasteiger partial charge in [-0.25, -0.2) is 0 Å². The molecular formula is C13H24ClNO. The van der Waals surface area contributed by atoms with Gasteiger partial charge in [-0.15, -0.1) is 11.6 Å². The van der Waals surface area contributed by atoms with Crippen molar-refractivity contribution >= 4 is 17.5 Å². The van der Waals surface area contributed by atoms with Gasteiger partial charge in [-0.1, -0.05) is 20.8 Å². The predicted molar refractivity (Wildman–Crippen MR) is 68.7 cm³/mol. The Bertz CT molecular complexity index is 235. The minimum atomic E-state index is 0.317. The van der Waals surface area contributed by atoms with Gasteiger partial charge in [-0.2, -0.15) is 0 Å². The summed E-state index contributed by atoms with van der Waals surface area (Å²) in [7, 11) is 0. The molecule has 3 heteroatoms. The lowest BCUT2D eigenvalue weighted by Crippen LogP contribution is -2.30. The highest BCUT2D eigenvalue weighted by molar-refractivity contribution is 6.17. The van der Waals surface area contributed by atoms with Crippen molar-refractivity contribution in [3.63, 3.8) is 0 Å². The number of rotatable bonds is 4. The second-order valence-electron chi connectivity index (χ2n) is 5.84. The van der Waals surface area contributed by atoms with Crippen LogP contribution in [0.2, 0.25) is 0 Å². The molecule has 1 heterocycles. The van der Waals surface area contributed by atoms with E-state index in [9.17, 15) is 4.79 Å². The third-order valence-electron chi connectivity index (χ3n) is 3.54. The summed E-state index contributed by atoms with van der Waals surface area (Å²) in [5.41, 5.74) is 0.325. The van der Waals surface area contributed by atoms with Gasteiger partial charge in [-0.05, 0) is 30.6 Å². The minimum Gasteiger partial charge on any atom is -0.342 e. The van der Waals surface area contributed by atoms with Gasteiger partial charge in [0.05, 0.1) is 0 Å². The second-order valence-corrected chi connectivity index (χ2v) is 6.22. The predicted octanol–water partition coefficient (Wildman–Crippen LogP) is 3.29. The number of hydrogen-bond donors (Lipinski definition) is 0. The maximum absolute atomic E-state index is 11.9. The monoisotopic (exact) mass is 245 g/mol. The minimum absolute atomic E-state index is 0.317. The van der Waals surface area contributed by atoms with Crippen LogP contribution in [0.1, 0.15) is 46.5 Å². The lowest BCUT2D eigenvalue weighted by atomic mass is 9.80. The molecule has 0 aromatic rings. The smallest absolute Gasteiger partial charge is 0.222 e. The fourth-order valence-corrected chi connectivity index (χ4v) is 2.41. The van der Waals surface area contributed by atoms with Crippen molar-refractivity contribution < 1.29 is 4.79 Å². The van der Waals surface area contributed by atoms with Crippen LogP contribution in [0, 0.1) is 11.3 Å². The molecule has 0 aromatic carbocycles. The number of likely N-dealkylation sites (tertiary alicyclic amines) is 1. The highest BCUT2D eigenvalue weighted by atomic mass is 35.5. The van der Waals surface area contributed by atoms with Crippen molar-refractivity contribution in [3.05, 3.63) is 0 Å². The summed E-state index contributed by atoms with van der Waals surface area (Å²) in [5.74, 6) is 1.64. The van der Waals surface area contributed by atoms with E-state index in [1.807, 2.05) is 4.90 Å². The van der Waals surface area contributed by atoms with E-state index in [0.717, 1.165) is 32.4 Å². The summed E-state index contributed by atoms with van der Waals surface area (Å²) in [4.78, 5) is 13.9. The molecule has 1 aliphatic heterocycles. The molecule has 0 radical (unpaired) electrons. The van der Waals surface area contributed by atoms with Crippen molar-refractivity contribution in [1.29, 1.82) is 0 Å². The molecule has 0 bridgehead atoms. The number of alkyl halides is 1. The lowest BCUT2D eigenvalue weighted by Gasteiger charge is -2.27. The van der Waals surface area contributed by atoms with Crippen molar-refractivity contribution in [2.24, 2.45) is 11.3 Å². The molecule has 1 atom stereocenters. The van der Waals surface area contributed by atoms with Gasteiger partial charge < -0.3 is 4.90 Å². The molecule has 1 fully saturated rings. The molecule has 1 aliphatic rings. The molecule has 94 valence electrons. The Morgan fingerprint density at radius 2 is 2.06 bits per heavy atom. The van der Waals surface area contributed by atoms with E-state index in [1.54, 1.807) is 0 Å². The fraction of sp³-hybridized carbons (Fsp3) is 0.923. The van der Waals surface area contributed by atoms with Crippen LogP contribution >= 0.6 is 11.6 Å². The summed E-state index contributed by atoms with van der Waals surface area (Å²) in [6.07, 6.45) is 3.71. The zero-order valence-electron chi connectivity index (χ0n) is 10.8. The molecule has 16 heavy (non-hydrogen) atoms. The third kappa shape index (κ3) is 3.97. The number of nitrogens with zero attached hydrogens (tertiary/aromatic N) is 1. The molecule has 0 saturated carbocycles.